The van der Waals surface area contributed by atoms with Gasteiger partial charge in [-0.3, -0.25) is 4.79 Å². The molecule has 0 aliphatic carbocycles. The van der Waals surface area contributed by atoms with Crippen molar-refractivity contribution in [1.82, 2.24) is 19.7 Å². The number of amides is 1. The number of anilines is 2. The van der Waals surface area contributed by atoms with Crippen LogP contribution in [0.2, 0.25) is 0 Å². The number of aromatic nitrogens is 3. The summed E-state index contributed by atoms with van der Waals surface area (Å²) in [5.41, 5.74) is 6.36. The number of nitrogens with one attached hydrogen (secondary N) is 2. The van der Waals surface area contributed by atoms with E-state index >= 15 is 0 Å². The molecule has 1 atom stereocenters. The highest BCUT2D eigenvalue weighted by Crippen LogP contribution is 2.15. The van der Waals surface area contributed by atoms with Gasteiger partial charge in [0.1, 0.15) is 11.9 Å². The summed E-state index contributed by atoms with van der Waals surface area (Å²) >= 11 is 0. The molecule has 4 N–H and O–H groups in total. The van der Waals surface area contributed by atoms with Crippen LogP contribution in [0.25, 0.3) is 5.65 Å². The van der Waals surface area contributed by atoms with Crippen LogP contribution in [0, 0.1) is 0 Å². The maximum Gasteiger partial charge on any atom is 0.242 e. The molecule has 7 heteroatoms. The van der Waals surface area contributed by atoms with E-state index in [9.17, 15) is 4.79 Å². The van der Waals surface area contributed by atoms with Gasteiger partial charge in [-0.25, -0.2) is 9.97 Å². The molecule has 1 amide bonds. The second kappa shape index (κ2) is 5.55. The standard InChI is InChI=1S/C12H18N6O/c1-3-4-15-12(19)8(2)16-10-11-14-5-6-18(11)7-9(13)17-10/h5-8H,3-4,13H2,1-2H3,(H,15,19)(H,16,17). The molecule has 0 saturated heterocycles. The molecule has 0 aliphatic rings. The lowest BCUT2D eigenvalue weighted by atomic mass is 10.3. The number of nitrogen functional groups attached to an aromatic ring is 1. The molecule has 0 radical (unpaired) electrons. The minimum atomic E-state index is -0.402. The van der Waals surface area contributed by atoms with Gasteiger partial charge in [0.05, 0.1) is 6.20 Å². The SMILES string of the molecule is CCCNC(=O)C(C)Nc1nc(N)cn2ccnc12. The van der Waals surface area contributed by atoms with Gasteiger partial charge < -0.3 is 20.8 Å². The van der Waals surface area contributed by atoms with Gasteiger partial charge >= 0.3 is 0 Å². The van der Waals surface area contributed by atoms with Crippen LogP contribution >= 0.6 is 0 Å². The van der Waals surface area contributed by atoms with Gasteiger partial charge in [0.2, 0.25) is 5.91 Å². The third-order valence-electron chi connectivity index (χ3n) is 2.69. The number of rotatable bonds is 5. The normalized spacial score (nSPS) is 12.3. The Morgan fingerprint density at radius 2 is 2.37 bits per heavy atom. The number of fused-ring (bicyclic) bond motifs is 1. The largest absolute Gasteiger partial charge is 0.382 e. The molecule has 0 spiro atoms. The number of nitrogens with zero attached hydrogens (tertiary/aromatic N) is 3. The third kappa shape index (κ3) is 2.93. The van der Waals surface area contributed by atoms with Crippen molar-refractivity contribution >= 4 is 23.2 Å². The molecule has 7 nitrogen and oxygen atoms in total. The van der Waals surface area contributed by atoms with Crippen molar-refractivity contribution in [2.45, 2.75) is 26.3 Å². The summed E-state index contributed by atoms with van der Waals surface area (Å²) in [5, 5.41) is 5.86. The van der Waals surface area contributed by atoms with Crippen LogP contribution in [0.5, 0.6) is 0 Å². The van der Waals surface area contributed by atoms with E-state index in [1.54, 1.807) is 29.9 Å². The van der Waals surface area contributed by atoms with E-state index in [0.717, 1.165) is 6.42 Å². The van der Waals surface area contributed by atoms with Crippen molar-refractivity contribution < 1.29 is 4.79 Å². The number of hydrogen-bond acceptors (Lipinski definition) is 5. The third-order valence-corrected chi connectivity index (χ3v) is 2.69. The Kier molecular flexibility index (Phi) is 3.84. The minimum Gasteiger partial charge on any atom is -0.382 e. The Bertz CT molecular complexity index is 579. The Hall–Kier alpha value is -2.31. The zero-order valence-electron chi connectivity index (χ0n) is 11.1. The van der Waals surface area contributed by atoms with E-state index in [0.29, 0.717) is 23.8 Å². The van der Waals surface area contributed by atoms with Crippen LogP contribution in [0.4, 0.5) is 11.6 Å². The van der Waals surface area contributed by atoms with Gasteiger partial charge in [-0.05, 0) is 13.3 Å². The average Bonchev–Trinajstić information content (AvgIpc) is 2.83. The molecule has 0 aromatic carbocycles. The smallest absolute Gasteiger partial charge is 0.242 e. The molecule has 0 fully saturated rings. The monoisotopic (exact) mass is 262 g/mol. The molecule has 2 aromatic rings. The molecule has 0 aliphatic heterocycles. The van der Waals surface area contributed by atoms with E-state index in [-0.39, 0.29) is 5.91 Å². The fourth-order valence-corrected chi connectivity index (χ4v) is 1.72. The van der Waals surface area contributed by atoms with Crippen molar-refractivity contribution in [2.75, 3.05) is 17.6 Å². The molecule has 19 heavy (non-hydrogen) atoms. The van der Waals surface area contributed by atoms with Gasteiger partial charge in [-0.1, -0.05) is 6.92 Å². The van der Waals surface area contributed by atoms with Crippen LogP contribution < -0.4 is 16.4 Å². The molecule has 2 aromatic heterocycles. The fraction of sp³-hybridized carbons (Fsp3) is 0.417. The van der Waals surface area contributed by atoms with E-state index in [2.05, 4.69) is 20.6 Å². The molecular formula is C12H18N6O. The summed E-state index contributed by atoms with van der Waals surface area (Å²) in [4.78, 5) is 20.2. The Labute approximate surface area is 111 Å². The Balaban J connectivity index is 2.16. The second-order valence-corrected chi connectivity index (χ2v) is 4.33. The average molecular weight is 262 g/mol. The first kappa shape index (κ1) is 13.1. The van der Waals surface area contributed by atoms with Gasteiger partial charge in [0.15, 0.2) is 11.5 Å². The van der Waals surface area contributed by atoms with E-state index in [4.69, 9.17) is 5.73 Å². The number of carbonyl (C=O) groups is 1. The lowest BCUT2D eigenvalue weighted by Gasteiger charge is -2.15. The highest BCUT2D eigenvalue weighted by Gasteiger charge is 2.15. The molecule has 0 saturated carbocycles. The fourth-order valence-electron chi connectivity index (χ4n) is 1.72. The van der Waals surface area contributed by atoms with Gasteiger partial charge in [-0.2, -0.15) is 0 Å². The predicted molar refractivity (Wildman–Crippen MR) is 73.8 cm³/mol. The summed E-state index contributed by atoms with van der Waals surface area (Å²) in [5.74, 6) is 0.800. The number of hydrogen-bond donors (Lipinski definition) is 3. The maximum absolute atomic E-state index is 11.8. The lowest BCUT2D eigenvalue weighted by molar-refractivity contribution is -0.121. The summed E-state index contributed by atoms with van der Waals surface area (Å²) in [6.45, 7) is 4.44. The molecule has 1 unspecified atom stereocenters. The molecule has 0 bridgehead atoms. The summed E-state index contributed by atoms with van der Waals surface area (Å²) < 4.78 is 1.77. The van der Waals surface area contributed by atoms with Gasteiger partial charge in [0.25, 0.3) is 0 Å². The van der Waals surface area contributed by atoms with E-state index in [1.807, 2.05) is 6.92 Å². The van der Waals surface area contributed by atoms with Crippen LogP contribution in [0.1, 0.15) is 20.3 Å². The zero-order chi connectivity index (χ0) is 13.8. The summed E-state index contributed by atoms with van der Waals surface area (Å²) in [7, 11) is 0. The van der Waals surface area contributed by atoms with Crippen molar-refractivity contribution in [2.24, 2.45) is 0 Å². The van der Waals surface area contributed by atoms with Crippen LogP contribution in [0.15, 0.2) is 18.6 Å². The highest BCUT2D eigenvalue weighted by molar-refractivity contribution is 5.85. The van der Waals surface area contributed by atoms with Crippen LogP contribution in [-0.4, -0.2) is 32.9 Å². The number of nitrogens with two attached hydrogens (primary N) is 1. The molecule has 2 rings (SSSR count). The first-order chi connectivity index (χ1) is 9.11. The van der Waals surface area contributed by atoms with Crippen molar-refractivity contribution in [1.29, 1.82) is 0 Å². The van der Waals surface area contributed by atoms with Crippen LogP contribution in [-0.2, 0) is 4.79 Å². The van der Waals surface area contributed by atoms with Crippen LogP contribution in [0.3, 0.4) is 0 Å². The molecule has 2 heterocycles. The van der Waals surface area contributed by atoms with E-state index < -0.39 is 6.04 Å². The summed E-state index contributed by atoms with van der Waals surface area (Å²) in [6.07, 6.45) is 6.01. The second-order valence-electron chi connectivity index (χ2n) is 4.33. The van der Waals surface area contributed by atoms with Crippen molar-refractivity contribution in [3.8, 4) is 0 Å². The lowest BCUT2D eigenvalue weighted by Crippen LogP contribution is -2.38. The predicted octanol–water partition coefficient (Wildman–Crippen LogP) is 0.638. The zero-order valence-corrected chi connectivity index (χ0v) is 11.1. The van der Waals surface area contributed by atoms with Gasteiger partial charge in [0, 0.05) is 18.9 Å². The highest BCUT2D eigenvalue weighted by atomic mass is 16.2. The minimum absolute atomic E-state index is 0.0734. The van der Waals surface area contributed by atoms with E-state index in [1.165, 1.54) is 0 Å². The molecule has 102 valence electrons. The Morgan fingerprint density at radius 3 is 3.11 bits per heavy atom. The van der Waals surface area contributed by atoms with Gasteiger partial charge in [-0.15, -0.1) is 0 Å². The number of imidazole rings is 1. The number of carbonyl (C=O) groups excluding carboxylic acids is 1. The van der Waals surface area contributed by atoms with Crippen molar-refractivity contribution in [3.05, 3.63) is 18.6 Å². The van der Waals surface area contributed by atoms with Crippen molar-refractivity contribution in [3.63, 3.8) is 0 Å². The maximum atomic E-state index is 11.8. The topological polar surface area (TPSA) is 97.3 Å². The first-order valence-corrected chi connectivity index (χ1v) is 6.25. The molecular weight excluding hydrogens is 244 g/mol. The first-order valence-electron chi connectivity index (χ1n) is 6.25. The summed E-state index contributed by atoms with van der Waals surface area (Å²) in [6, 6.07) is -0.402. The Morgan fingerprint density at radius 1 is 1.58 bits per heavy atom. The quantitative estimate of drug-likeness (QED) is 0.734.